The highest BCUT2D eigenvalue weighted by molar-refractivity contribution is 6.09. The highest BCUT2D eigenvalue weighted by Gasteiger charge is 2.55. The molecule has 4 amide bonds. The van der Waals surface area contributed by atoms with E-state index in [1.165, 1.54) is 25.1 Å². The normalized spacial score (nSPS) is 24.5. The third kappa shape index (κ3) is 4.15. The number of esters is 1. The number of carbonyl (C=O) groups excluding carboxylic acids is 4. The molecule has 8 nitrogen and oxygen atoms in total. The molecule has 1 saturated carbocycles. The number of amides is 4. The Labute approximate surface area is 174 Å². The SMILES string of the molecule is Cc1ccc(NC(=O)[C@H](C)OC(=O)CN2C(=O)N[C@@]3(CCCC[C@@H]3C)C2=O)cc1F. The van der Waals surface area contributed by atoms with Crippen LogP contribution in [0.25, 0.3) is 0 Å². The lowest BCUT2D eigenvalue weighted by Gasteiger charge is -2.36. The van der Waals surface area contributed by atoms with Gasteiger partial charge in [0.15, 0.2) is 6.10 Å². The zero-order valence-electron chi connectivity index (χ0n) is 17.3. The Balaban J connectivity index is 1.58. The number of benzene rings is 1. The second-order valence-corrected chi connectivity index (χ2v) is 8.02. The van der Waals surface area contributed by atoms with Crippen molar-refractivity contribution < 1.29 is 28.3 Å². The third-order valence-electron chi connectivity index (χ3n) is 5.91. The second kappa shape index (κ2) is 8.41. The van der Waals surface area contributed by atoms with Crippen molar-refractivity contribution >= 4 is 29.5 Å². The Morgan fingerprint density at radius 3 is 2.77 bits per heavy atom. The first-order chi connectivity index (χ1) is 14.1. The van der Waals surface area contributed by atoms with E-state index in [4.69, 9.17) is 4.74 Å². The fourth-order valence-electron chi connectivity index (χ4n) is 3.97. The second-order valence-electron chi connectivity index (χ2n) is 8.02. The van der Waals surface area contributed by atoms with Gasteiger partial charge in [0.2, 0.25) is 0 Å². The maximum Gasteiger partial charge on any atom is 0.327 e. The van der Waals surface area contributed by atoms with Gasteiger partial charge >= 0.3 is 12.0 Å². The number of hydrogen-bond acceptors (Lipinski definition) is 5. The van der Waals surface area contributed by atoms with Crippen LogP contribution in [0, 0.1) is 18.7 Å². The van der Waals surface area contributed by atoms with Crippen molar-refractivity contribution in [2.24, 2.45) is 5.92 Å². The van der Waals surface area contributed by atoms with E-state index >= 15 is 0 Å². The Kier molecular flexibility index (Phi) is 6.09. The standard InChI is InChI=1S/C21H26FN3O5/c1-12-7-8-15(10-16(12)22)23-18(27)14(3)30-17(26)11-25-19(28)21(24-20(25)29)9-5-4-6-13(21)2/h7-8,10,13-14H,4-6,9,11H2,1-3H3,(H,23,27)(H,24,29)/t13-,14-,21+/m0/s1. The molecule has 0 aromatic heterocycles. The van der Waals surface area contributed by atoms with Gasteiger partial charge in [0.1, 0.15) is 17.9 Å². The summed E-state index contributed by atoms with van der Waals surface area (Å²) >= 11 is 0. The summed E-state index contributed by atoms with van der Waals surface area (Å²) in [5.41, 5.74) is -0.298. The summed E-state index contributed by atoms with van der Waals surface area (Å²) in [7, 11) is 0. The fraction of sp³-hybridized carbons (Fsp3) is 0.524. The molecule has 1 aliphatic heterocycles. The first-order valence-corrected chi connectivity index (χ1v) is 10.0. The first-order valence-electron chi connectivity index (χ1n) is 10.0. The van der Waals surface area contributed by atoms with Crippen LogP contribution < -0.4 is 10.6 Å². The maximum atomic E-state index is 13.6. The summed E-state index contributed by atoms with van der Waals surface area (Å²) in [4.78, 5) is 50.6. The van der Waals surface area contributed by atoms with Crippen LogP contribution in [0.4, 0.5) is 14.9 Å². The van der Waals surface area contributed by atoms with Crippen molar-refractivity contribution in [2.45, 2.75) is 58.1 Å². The minimum atomic E-state index is -1.19. The largest absolute Gasteiger partial charge is 0.451 e. The Hall–Kier alpha value is -2.97. The molecular weight excluding hydrogens is 393 g/mol. The molecule has 2 N–H and O–H groups in total. The molecule has 1 spiro atoms. The number of aryl methyl sites for hydroxylation is 1. The van der Waals surface area contributed by atoms with Crippen molar-refractivity contribution in [1.82, 2.24) is 10.2 Å². The van der Waals surface area contributed by atoms with Crippen molar-refractivity contribution in [2.75, 3.05) is 11.9 Å². The number of hydrogen-bond donors (Lipinski definition) is 2. The van der Waals surface area contributed by atoms with Crippen LogP contribution in [0.15, 0.2) is 18.2 Å². The molecule has 0 unspecified atom stereocenters. The van der Waals surface area contributed by atoms with E-state index in [9.17, 15) is 23.6 Å². The van der Waals surface area contributed by atoms with E-state index in [1.807, 2.05) is 6.92 Å². The van der Waals surface area contributed by atoms with Gasteiger partial charge in [-0.15, -0.1) is 0 Å². The lowest BCUT2D eigenvalue weighted by atomic mass is 9.73. The molecule has 1 saturated heterocycles. The minimum absolute atomic E-state index is 0.0247. The average molecular weight is 419 g/mol. The van der Waals surface area contributed by atoms with E-state index in [1.54, 1.807) is 6.92 Å². The van der Waals surface area contributed by atoms with Crippen molar-refractivity contribution in [3.8, 4) is 0 Å². The molecule has 1 aliphatic carbocycles. The number of ether oxygens (including phenoxy) is 1. The molecule has 9 heteroatoms. The molecule has 1 heterocycles. The zero-order valence-corrected chi connectivity index (χ0v) is 17.3. The highest BCUT2D eigenvalue weighted by atomic mass is 19.1. The van der Waals surface area contributed by atoms with E-state index in [-0.39, 0.29) is 11.6 Å². The summed E-state index contributed by atoms with van der Waals surface area (Å²) in [6, 6.07) is 3.59. The smallest absolute Gasteiger partial charge is 0.327 e. The van der Waals surface area contributed by atoms with Crippen LogP contribution in [-0.2, 0) is 19.1 Å². The summed E-state index contributed by atoms with van der Waals surface area (Å²) < 4.78 is 18.7. The van der Waals surface area contributed by atoms with Crippen LogP contribution in [0.2, 0.25) is 0 Å². The molecule has 162 valence electrons. The van der Waals surface area contributed by atoms with Gasteiger partial charge in [-0.2, -0.15) is 0 Å². The quantitative estimate of drug-likeness (QED) is 0.564. The number of nitrogens with zero attached hydrogens (tertiary/aromatic N) is 1. The maximum absolute atomic E-state index is 13.6. The number of rotatable bonds is 5. The number of nitrogens with one attached hydrogen (secondary N) is 2. The predicted molar refractivity (Wildman–Crippen MR) is 106 cm³/mol. The molecule has 2 fully saturated rings. The Bertz CT molecular complexity index is 889. The molecule has 0 radical (unpaired) electrons. The monoisotopic (exact) mass is 419 g/mol. The van der Waals surface area contributed by atoms with Crippen LogP contribution in [0.5, 0.6) is 0 Å². The highest BCUT2D eigenvalue weighted by Crippen LogP contribution is 2.38. The van der Waals surface area contributed by atoms with Gasteiger partial charge in [-0.3, -0.25) is 19.3 Å². The number of urea groups is 1. The summed E-state index contributed by atoms with van der Waals surface area (Å²) in [6.45, 7) is 4.29. The van der Waals surface area contributed by atoms with Crippen molar-refractivity contribution in [1.29, 1.82) is 0 Å². The van der Waals surface area contributed by atoms with Crippen molar-refractivity contribution in [3.63, 3.8) is 0 Å². The lowest BCUT2D eigenvalue weighted by Crippen LogP contribution is -2.54. The molecule has 3 rings (SSSR count). The van der Waals surface area contributed by atoms with Gasteiger partial charge in [-0.05, 0) is 50.3 Å². The minimum Gasteiger partial charge on any atom is -0.451 e. The van der Waals surface area contributed by atoms with Gasteiger partial charge in [0.25, 0.3) is 11.8 Å². The average Bonchev–Trinajstić information content (AvgIpc) is 2.92. The molecular formula is C21H26FN3O5. The van der Waals surface area contributed by atoms with E-state index < -0.39 is 47.8 Å². The van der Waals surface area contributed by atoms with Crippen LogP contribution >= 0.6 is 0 Å². The number of carbonyl (C=O) groups is 4. The number of halogens is 1. The van der Waals surface area contributed by atoms with E-state index in [0.29, 0.717) is 12.0 Å². The number of imide groups is 1. The van der Waals surface area contributed by atoms with Crippen LogP contribution in [0.3, 0.4) is 0 Å². The van der Waals surface area contributed by atoms with Gasteiger partial charge in [0.05, 0.1) is 0 Å². The van der Waals surface area contributed by atoms with Gasteiger partial charge < -0.3 is 15.4 Å². The van der Waals surface area contributed by atoms with Crippen LogP contribution in [-0.4, -0.2) is 46.9 Å². The molecule has 3 atom stereocenters. The molecule has 1 aromatic rings. The Morgan fingerprint density at radius 1 is 1.37 bits per heavy atom. The third-order valence-corrected chi connectivity index (χ3v) is 5.91. The topological polar surface area (TPSA) is 105 Å². The molecule has 0 bridgehead atoms. The predicted octanol–water partition coefficient (Wildman–Crippen LogP) is 2.51. The Morgan fingerprint density at radius 2 is 2.10 bits per heavy atom. The number of anilines is 1. The van der Waals surface area contributed by atoms with E-state index in [2.05, 4.69) is 10.6 Å². The molecule has 2 aliphatic rings. The first kappa shape index (κ1) is 21.7. The van der Waals surface area contributed by atoms with Gasteiger partial charge in [-0.1, -0.05) is 25.8 Å². The summed E-state index contributed by atoms with van der Waals surface area (Å²) in [5, 5.41) is 5.22. The van der Waals surface area contributed by atoms with Gasteiger partial charge in [-0.25, -0.2) is 9.18 Å². The fourth-order valence-corrected chi connectivity index (χ4v) is 3.97. The van der Waals surface area contributed by atoms with Gasteiger partial charge in [0, 0.05) is 5.69 Å². The lowest BCUT2D eigenvalue weighted by molar-refractivity contribution is -0.155. The van der Waals surface area contributed by atoms with Crippen molar-refractivity contribution in [3.05, 3.63) is 29.6 Å². The zero-order chi connectivity index (χ0) is 22.1. The molecule has 1 aromatic carbocycles. The summed E-state index contributed by atoms with van der Waals surface area (Å²) in [5.74, 6) is -2.45. The summed E-state index contributed by atoms with van der Waals surface area (Å²) in [6.07, 6.45) is 1.99. The van der Waals surface area contributed by atoms with Crippen LogP contribution in [0.1, 0.15) is 45.1 Å². The van der Waals surface area contributed by atoms with E-state index in [0.717, 1.165) is 24.2 Å². The molecule has 30 heavy (non-hydrogen) atoms.